The van der Waals surface area contributed by atoms with E-state index in [4.69, 9.17) is 5.21 Å². The number of aryl methyl sites for hydroxylation is 1. The molecule has 2 nitrogen and oxygen atoms in total. The Morgan fingerprint density at radius 3 is 2.67 bits per heavy atom. The van der Waals surface area contributed by atoms with Gasteiger partial charge in [-0.25, -0.2) is 0 Å². The zero-order valence-electron chi connectivity index (χ0n) is 10.6. The Balaban J connectivity index is 2.08. The maximum absolute atomic E-state index is 9.08. The van der Waals surface area contributed by atoms with E-state index in [0.717, 1.165) is 36.7 Å². The monoisotopic (exact) mass is 309 g/mol. The molecule has 1 unspecified atom stereocenters. The van der Waals surface area contributed by atoms with Gasteiger partial charge in [0.25, 0.3) is 0 Å². The summed E-state index contributed by atoms with van der Waals surface area (Å²) in [6.07, 6.45) is 6.73. The van der Waals surface area contributed by atoms with Crippen molar-refractivity contribution in [2.75, 3.05) is 5.33 Å². The summed E-state index contributed by atoms with van der Waals surface area (Å²) in [7, 11) is 0. The molecule has 3 heteroatoms. The molecular weight excluding hydrogens is 290 g/mol. The van der Waals surface area contributed by atoms with Crippen LogP contribution in [0.2, 0.25) is 0 Å². The molecule has 0 aliphatic heterocycles. The second-order valence-electron chi connectivity index (χ2n) is 4.92. The Bertz CT molecular complexity index is 399. The molecule has 1 fully saturated rings. The number of nitrogens with zero attached hydrogens (tertiary/aromatic N) is 1. The number of rotatable bonds is 4. The smallest absolute Gasteiger partial charge is 0.0645 e. The molecule has 1 aromatic carbocycles. The zero-order chi connectivity index (χ0) is 12.8. The van der Waals surface area contributed by atoms with Crippen LogP contribution in [0.1, 0.15) is 49.1 Å². The Morgan fingerprint density at radius 2 is 2.00 bits per heavy atom. The molecule has 0 heterocycles. The Morgan fingerprint density at radius 1 is 1.22 bits per heavy atom. The lowest BCUT2D eigenvalue weighted by atomic mass is 9.82. The van der Waals surface area contributed by atoms with E-state index < -0.39 is 0 Å². The van der Waals surface area contributed by atoms with Crippen LogP contribution in [0.3, 0.4) is 0 Å². The first-order valence-corrected chi connectivity index (χ1v) is 7.83. The topological polar surface area (TPSA) is 32.6 Å². The summed E-state index contributed by atoms with van der Waals surface area (Å²) in [5.41, 5.74) is 3.64. The molecule has 2 rings (SSSR count). The normalized spacial score (nSPS) is 22.3. The van der Waals surface area contributed by atoms with E-state index in [1.165, 1.54) is 24.0 Å². The average Bonchev–Trinajstić information content (AvgIpc) is 2.45. The predicted molar refractivity (Wildman–Crippen MR) is 79.0 cm³/mol. The van der Waals surface area contributed by atoms with Gasteiger partial charge in [0.2, 0.25) is 0 Å². The van der Waals surface area contributed by atoms with E-state index in [-0.39, 0.29) is 0 Å². The van der Waals surface area contributed by atoms with Crippen molar-refractivity contribution in [3.05, 3.63) is 35.4 Å². The molecule has 0 amide bonds. The standard InChI is InChI=1S/C15H20BrNO/c16-11-3-4-12-7-9-13(10-8-12)14-5-1-2-6-15(14)17-18/h7-10,14,18H,1-6,11H2. The van der Waals surface area contributed by atoms with Crippen LogP contribution >= 0.6 is 15.9 Å². The maximum atomic E-state index is 9.08. The van der Waals surface area contributed by atoms with Crippen LogP contribution in [0, 0.1) is 0 Å². The Labute approximate surface area is 117 Å². The molecule has 1 aromatic rings. The third-order valence-electron chi connectivity index (χ3n) is 3.69. The minimum absolute atomic E-state index is 0.328. The van der Waals surface area contributed by atoms with Crippen molar-refractivity contribution in [2.24, 2.45) is 5.16 Å². The van der Waals surface area contributed by atoms with Crippen LogP contribution in [0.5, 0.6) is 0 Å². The molecule has 0 bridgehead atoms. The lowest BCUT2D eigenvalue weighted by Gasteiger charge is -2.23. The predicted octanol–water partition coefficient (Wildman–Crippen LogP) is 4.50. The molecule has 98 valence electrons. The van der Waals surface area contributed by atoms with Gasteiger partial charge in [-0.15, -0.1) is 0 Å². The SMILES string of the molecule is ON=C1CCCCC1c1ccc(CCCBr)cc1. The molecule has 1 atom stereocenters. The van der Waals surface area contributed by atoms with Crippen molar-refractivity contribution in [1.82, 2.24) is 0 Å². The van der Waals surface area contributed by atoms with Crippen molar-refractivity contribution in [2.45, 2.75) is 44.4 Å². The number of benzene rings is 1. The van der Waals surface area contributed by atoms with Crippen molar-refractivity contribution in [3.8, 4) is 0 Å². The fraction of sp³-hybridized carbons (Fsp3) is 0.533. The highest BCUT2D eigenvalue weighted by Gasteiger charge is 2.22. The second kappa shape index (κ2) is 6.93. The van der Waals surface area contributed by atoms with Gasteiger partial charge >= 0.3 is 0 Å². The van der Waals surface area contributed by atoms with E-state index in [1.54, 1.807) is 0 Å². The molecule has 1 N–H and O–H groups in total. The fourth-order valence-electron chi connectivity index (χ4n) is 2.66. The molecule has 0 radical (unpaired) electrons. The first-order chi connectivity index (χ1) is 8.85. The number of halogens is 1. The van der Waals surface area contributed by atoms with Gasteiger partial charge in [-0.3, -0.25) is 0 Å². The molecule has 1 saturated carbocycles. The minimum Gasteiger partial charge on any atom is -0.411 e. The highest BCUT2D eigenvalue weighted by Crippen LogP contribution is 2.31. The van der Waals surface area contributed by atoms with E-state index in [0.29, 0.717) is 5.92 Å². The quantitative estimate of drug-likeness (QED) is 0.495. The third kappa shape index (κ3) is 3.35. The van der Waals surface area contributed by atoms with Gasteiger partial charge in [-0.1, -0.05) is 51.8 Å². The zero-order valence-corrected chi connectivity index (χ0v) is 12.2. The molecule has 0 aromatic heterocycles. The van der Waals surface area contributed by atoms with E-state index in [1.807, 2.05) is 0 Å². The van der Waals surface area contributed by atoms with E-state index in [9.17, 15) is 0 Å². The van der Waals surface area contributed by atoms with Gasteiger partial charge in [0.15, 0.2) is 0 Å². The number of alkyl halides is 1. The lowest BCUT2D eigenvalue weighted by Crippen LogP contribution is -2.17. The first-order valence-electron chi connectivity index (χ1n) is 6.70. The summed E-state index contributed by atoms with van der Waals surface area (Å²) in [6.45, 7) is 0. The van der Waals surface area contributed by atoms with Crippen LogP contribution in [0.15, 0.2) is 29.4 Å². The number of hydrogen-bond acceptors (Lipinski definition) is 2. The van der Waals surface area contributed by atoms with Gasteiger partial charge in [-0.05, 0) is 43.2 Å². The average molecular weight is 310 g/mol. The maximum Gasteiger partial charge on any atom is 0.0645 e. The van der Waals surface area contributed by atoms with Gasteiger partial charge < -0.3 is 5.21 Å². The third-order valence-corrected chi connectivity index (χ3v) is 4.25. The fourth-order valence-corrected chi connectivity index (χ4v) is 2.94. The summed E-state index contributed by atoms with van der Waals surface area (Å²) in [6, 6.07) is 8.82. The van der Waals surface area contributed by atoms with Gasteiger partial charge in [0, 0.05) is 11.2 Å². The molecule has 1 aliphatic carbocycles. The van der Waals surface area contributed by atoms with E-state index in [2.05, 4.69) is 45.4 Å². The van der Waals surface area contributed by atoms with Crippen molar-refractivity contribution >= 4 is 21.6 Å². The highest BCUT2D eigenvalue weighted by molar-refractivity contribution is 9.09. The summed E-state index contributed by atoms with van der Waals surface area (Å²) in [4.78, 5) is 0. The second-order valence-corrected chi connectivity index (χ2v) is 5.72. The van der Waals surface area contributed by atoms with Gasteiger partial charge in [0.1, 0.15) is 0 Å². The summed E-state index contributed by atoms with van der Waals surface area (Å²) < 4.78 is 0. The molecule has 0 spiro atoms. The minimum atomic E-state index is 0.328. The molecule has 0 saturated heterocycles. The summed E-state index contributed by atoms with van der Waals surface area (Å²) in [5, 5.41) is 13.6. The largest absolute Gasteiger partial charge is 0.411 e. The molecule has 18 heavy (non-hydrogen) atoms. The molecule has 1 aliphatic rings. The van der Waals surface area contributed by atoms with Crippen LogP contribution < -0.4 is 0 Å². The highest BCUT2D eigenvalue weighted by atomic mass is 79.9. The Kier molecular flexibility index (Phi) is 5.24. The van der Waals surface area contributed by atoms with Crippen LogP contribution in [-0.4, -0.2) is 16.2 Å². The lowest BCUT2D eigenvalue weighted by molar-refractivity contribution is 0.312. The van der Waals surface area contributed by atoms with Gasteiger partial charge in [0.05, 0.1) is 5.71 Å². The summed E-state index contributed by atoms with van der Waals surface area (Å²) >= 11 is 3.46. The van der Waals surface area contributed by atoms with E-state index >= 15 is 0 Å². The molecular formula is C15H20BrNO. The summed E-state index contributed by atoms with van der Waals surface area (Å²) in [5.74, 6) is 0.328. The van der Waals surface area contributed by atoms with Crippen molar-refractivity contribution in [3.63, 3.8) is 0 Å². The first kappa shape index (κ1) is 13.6. The Hall–Kier alpha value is -0.830. The van der Waals surface area contributed by atoms with Crippen LogP contribution in [0.25, 0.3) is 0 Å². The van der Waals surface area contributed by atoms with Crippen molar-refractivity contribution in [1.29, 1.82) is 0 Å². The van der Waals surface area contributed by atoms with Crippen LogP contribution in [-0.2, 0) is 6.42 Å². The van der Waals surface area contributed by atoms with Gasteiger partial charge in [-0.2, -0.15) is 0 Å². The number of hydrogen-bond donors (Lipinski definition) is 1. The van der Waals surface area contributed by atoms with Crippen molar-refractivity contribution < 1.29 is 5.21 Å². The number of oxime groups is 1. The van der Waals surface area contributed by atoms with Crippen LogP contribution in [0.4, 0.5) is 0 Å².